The number of carbonyl (C=O) groups is 1. The van der Waals surface area contributed by atoms with Gasteiger partial charge in [0.1, 0.15) is 0 Å². The number of carbonyl (C=O) groups excluding carboxylic acids is 1. The van der Waals surface area contributed by atoms with Crippen molar-refractivity contribution in [3.05, 3.63) is 21.4 Å². The highest BCUT2D eigenvalue weighted by atomic mass is 32.1. The van der Waals surface area contributed by atoms with Crippen LogP contribution in [0, 0.1) is 13.8 Å². The number of nitrogens with zero attached hydrogens (tertiary/aromatic N) is 1. The molecule has 2 heterocycles. The molecule has 0 aliphatic carbocycles. The van der Waals surface area contributed by atoms with Crippen molar-refractivity contribution in [3.8, 4) is 0 Å². The molecule has 0 saturated carbocycles. The molecule has 1 aromatic rings. The summed E-state index contributed by atoms with van der Waals surface area (Å²) in [5.41, 5.74) is 1.25. The molecule has 5 heteroatoms. The lowest BCUT2D eigenvalue weighted by Gasteiger charge is -2.21. The monoisotopic (exact) mass is 295 g/mol. The zero-order valence-corrected chi connectivity index (χ0v) is 13.5. The number of hydrogen-bond donors (Lipinski definition) is 2. The van der Waals surface area contributed by atoms with Gasteiger partial charge in [0.25, 0.3) is 0 Å². The van der Waals surface area contributed by atoms with Crippen LogP contribution in [0.2, 0.25) is 0 Å². The molecule has 1 aliphatic heterocycles. The van der Waals surface area contributed by atoms with Crippen LogP contribution in [0.5, 0.6) is 0 Å². The zero-order chi connectivity index (χ0) is 14.5. The first kappa shape index (κ1) is 15.5. The summed E-state index contributed by atoms with van der Waals surface area (Å²) < 4.78 is 0. The van der Waals surface area contributed by atoms with E-state index in [1.807, 2.05) is 0 Å². The minimum absolute atomic E-state index is 0.0950. The Kier molecular flexibility index (Phi) is 5.57. The molecule has 1 aromatic heterocycles. The first-order chi connectivity index (χ1) is 9.56. The van der Waals surface area contributed by atoms with Crippen LogP contribution in [0.25, 0.3) is 0 Å². The molecule has 0 spiro atoms. The Balaban J connectivity index is 1.85. The first-order valence-electron chi connectivity index (χ1n) is 7.35. The molecule has 1 unspecified atom stereocenters. The average molecular weight is 295 g/mol. The fraction of sp³-hybridized carbons (Fsp3) is 0.667. The van der Waals surface area contributed by atoms with Crippen molar-refractivity contribution >= 4 is 17.2 Å². The van der Waals surface area contributed by atoms with Gasteiger partial charge in [-0.25, -0.2) is 0 Å². The summed E-state index contributed by atoms with van der Waals surface area (Å²) in [4.78, 5) is 17.0. The van der Waals surface area contributed by atoms with E-state index >= 15 is 0 Å². The second kappa shape index (κ2) is 7.20. The largest absolute Gasteiger partial charge is 0.348 e. The second-order valence-corrected chi connectivity index (χ2v) is 7.00. The van der Waals surface area contributed by atoms with Gasteiger partial charge < -0.3 is 10.6 Å². The van der Waals surface area contributed by atoms with E-state index in [-0.39, 0.29) is 11.9 Å². The quantitative estimate of drug-likeness (QED) is 0.891. The van der Waals surface area contributed by atoms with Gasteiger partial charge in [0, 0.05) is 22.8 Å². The maximum atomic E-state index is 12.2. The number of rotatable bonds is 4. The number of amides is 1. The number of thiophene rings is 1. The summed E-state index contributed by atoms with van der Waals surface area (Å²) in [5, 5.41) is 6.48. The van der Waals surface area contributed by atoms with Crippen molar-refractivity contribution in [2.24, 2.45) is 0 Å². The van der Waals surface area contributed by atoms with E-state index in [0.717, 1.165) is 32.6 Å². The Bertz CT molecular complexity index is 450. The summed E-state index contributed by atoms with van der Waals surface area (Å²) >= 11 is 1.79. The van der Waals surface area contributed by atoms with Crippen molar-refractivity contribution in [3.63, 3.8) is 0 Å². The van der Waals surface area contributed by atoms with Gasteiger partial charge in [0.15, 0.2) is 0 Å². The second-order valence-electron chi connectivity index (χ2n) is 5.54. The van der Waals surface area contributed by atoms with Crippen LogP contribution in [0.1, 0.15) is 34.7 Å². The summed E-state index contributed by atoms with van der Waals surface area (Å²) in [5.74, 6) is 0.127. The third-order valence-electron chi connectivity index (χ3n) is 3.72. The van der Waals surface area contributed by atoms with Crippen LogP contribution in [0.15, 0.2) is 6.07 Å². The molecular weight excluding hydrogens is 270 g/mol. The summed E-state index contributed by atoms with van der Waals surface area (Å²) in [6.45, 7) is 10.8. The van der Waals surface area contributed by atoms with Gasteiger partial charge in [-0.1, -0.05) is 0 Å². The van der Waals surface area contributed by atoms with Gasteiger partial charge in [-0.05, 0) is 51.9 Å². The Labute approximate surface area is 125 Å². The molecule has 0 bridgehead atoms. The smallest absolute Gasteiger partial charge is 0.234 e. The predicted octanol–water partition coefficient (Wildman–Crippen LogP) is 1.84. The van der Waals surface area contributed by atoms with Crippen LogP contribution in [0.3, 0.4) is 0 Å². The molecule has 0 aromatic carbocycles. The Morgan fingerprint density at radius 3 is 2.95 bits per heavy atom. The molecule has 1 aliphatic rings. The third-order valence-corrected chi connectivity index (χ3v) is 4.71. The molecule has 20 heavy (non-hydrogen) atoms. The fourth-order valence-electron chi connectivity index (χ4n) is 2.71. The Morgan fingerprint density at radius 2 is 2.25 bits per heavy atom. The Hall–Kier alpha value is -0.910. The van der Waals surface area contributed by atoms with Gasteiger partial charge in [-0.3, -0.25) is 9.69 Å². The van der Waals surface area contributed by atoms with Crippen molar-refractivity contribution in [1.29, 1.82) is 0 Å². The molecule has 1 amide bonds. The van der Waals surface area contributed by atoms with Crippen LogP contribution in [-0.4, -0.2) is 43.5 Å². The average Bonchev–Trinajstić information content (AvgIpc) is 2.59. The molecule has 1 saturated heterocycles. The lowest BCUT2D eigenvalue weighted by Crippen LogP contribution is -2.39. The highest BCUT2D eigenvalue weighted by Crippen LogP contribution is 2.25. The minimum atomic E-state index is 0.0950. The SMILES string of the molecule is Cc1cc(C(C)NC(=O)CN2CCCNCC2)c(C)s1. The Morgan fingerprint density at radius 1 is 1.45 bits per heavy atom. The van der Waals surface area contributed by atoms with E-state index in [4.69, 9.17) is 0 Å². The third kappa shape index (κ3) is 4.30. The molecule has 2 rings (SSSR count). The van der Waals surface area contributed by atoms with E-state index in [0.29, 0.717) is 6.54 Å². The minimum Gasteiger partial charge on any atom is -0.348 e. The molecule has 4 nitrogen and oxygen atoms in total. The number of nitrogens with one attached hydrogen (secondary N) is 2. The fourth-order valence-corrected chi connectivity index (χ4v) is 3.73. The normalized spacial score (nSPS) is 18.6. The maximum Gasteiger partial charge on any atom is 0.234 e. The number of aryl methyl sites for hydroxylation is 2. The lowest BCUT2D eigenvalue weighted by molar-refractivity contribution is -0.122. The molecule has 1 fully saturated rings. The van der Waals surface area contributed by atoms with E-state index < -0.39 is 0 Å². The highest BCUT2D eigenvalue weighted by Gasteiger charge is 2.16. The summed E-state index contributed by atoms with van der Waals surface area (Å²) in [7, 11) is 0. The molecular formula is C15H25N3OS. The van der Waals surface area contributed by atoms with Crippen LogP contribution < -0.4 is 10.6 Å². The topological polar surface area (TPSA) is 44.4 Å². The number of hydrogen-bond acceptors (Lipinski definition) is 4. The van der Waals surface area contributed by atoms with Crippen molar-refractivity contribution in [2.45, 2.75) is 33.2 Å². The van der Waals surface area contributed by atoms with Gasteiger partial charge in [-0.2, -0.15) is 0 Å². The summed E-state index contributed by atoms with van der Waals surface area (Å²) in [6.07, 6.45) is 1.12. The van der Waals surface area contributed by atoms with Crippen molar-refractivity contribution in [1.82, 2.24) is 15.5 Å². The molecule has 112 valence electrons. The predicted molar refractivity (Wildman–Crippen MR) is 84.3 cm³/mol. The zero-order valence-electron chi connectivity index (χ0n) is 12.7. The maximum absolute atomic E-state index is 12.2. The molecule has 1 atom stereocenters. The van der Waals surface area contributed by atoms with Gasteiger partial charge >= 0.3 is 0 Å². The standard InChI is InChI=1S/C15H25N3OS/c1-11-9-14(13(3)20-11)12(2)17-15(19)10-18-7-4-5-16-6-8-18/h9,12,16H,4-8,10H2,1-3H3,(H,17,19). The summed E-state index contributed by atoms with van der Waals surface area (Å²) in [6, 6.07) is 2.28. The molecule has 2 N–H and O–H groups in total. The van der Waals surface area contributed by atoms with Crippen LogP contribution in [0.4, 0.5) is 0 Å². The van der Waals surface area contributed by atoms with Gasteiger partial charge in [0.05, 0.1) is 12.6 Å². The van der Waals surface area contributed by atoms with Crippen LogP contribution in [-0.2, 0) is 4.79 Å². The van der Waals surface area contributed by atoms with Crippen molar-refractivity contribution in [2.75, 3.05) is 32.7 Å². The lowest BCUT2D eigenvalue weighted by atomic mass is 10.1. The van der Waals surface area contributed by atoms with E-state index in [9.17, 15) is 4.79 Å². The van der Waals surface area contributed by atoms with Crippen LogP contribution >= 0.6 is 11.3 Å². The highest BCUT2D eigenvalue weighted by molar-refractivity contribution is 7.12. The van der Waals surface area contributed by atoms with E-state index in [2.05, 4.69) is 42.4 Å². The first-order valence-corrected chi connectivity index (χ1v) is 8.17. The van der Waals surface area contributed by atoms with Gasteiger partial charge in [0.2, 0.25) is 5.91 Å². The van der Waals surface area contributed by atoms with Gasteiger partial charge in [-0.15, -0.1) is 11.3 Å². The van der Waals surface area contributed by atoms with E-state index in [1.54, 1.807) is 11.3 Å². The van der Waals surface area contributed by atoms with Crippen molar-refractivity contribution < 1.29 is 4.79 Å². The molecule has 0 radical (unpaired) electrons. The van der Waals surface area contributed by atoms with E-state index in [1.165, 1.54) is 15.3 Å².